The molecule has 0 aromatic rings. The zero-order valence-corrected chi connectivity index (χ0v) is 15.1. The van der Waals surface area contributed by atoms with E-state index in [1.807, 2.05) is 0 Å². The van der Waals surface area contributed by atoms with E-state index >= 15 is 0 Å². The zero-order chi connectivity index (χ0) is 4.50. The predicted molar refractivity (Wildman–Crippen MR) is 12.6 cm³/mol. The molecule has 0 N–H and O–H groups in total. The summed E-state index contributed by atoms with van der Waals surface area (Å²) >= 11 is 0. The Morgan fingerprint density at radius 3 is 1.00 bits per heavy atom. The molecule has 0 amide bonds. The summed E-state index contributed by atoms with van der Waals surface area (Å²) in [6, 6.07) is 0. The SMILES string of the molecule is [Al+3].[Cs+].[H-].[Na+].[O-][Si]([O-])([O-])[O-]. The van der Waals surface area contributed by atoms with E-state index in [4.69, 9.17) is 19.2 Å². The van der Waals surface area contributed by atoms with Gasteiger partial charge in [0.1, 0.15) is 0 Å². The predicted octanol–water partition coefficient (Wildman–Crippen LogP) is -11.4. The summed E-state index contributed by atoms with van der Waals surface area (Å²) in [5.41, 5.74) is 0. The molecule has 0 saturated heterocycles. The molecular weight excluding hydrogens is 275 g/mol. The van der Waals surface area contributed by atoms with E-state index in [1.165, 1.54) is 0 Å². The fraction of sp³-hybridized carbons (Fsp3) is 0. The van der Waals surface area contributed by atoms with Gasteiger partial charge >= 0.3 is 116 Å². The van der Waals surface area contributed by atoms with Crippen LogP contribution in [0.4, 0.5) is 0 Å². The fourth-order valence-corrected chi connectivity index (χ4v) is 0. The van der Waals surface area contributed by atoms with E-state index in [1.54, 1.807) is 0 Å². The Labute approximate surface area is 142 Å². The summed E-state index contributed by atoms with van der Waals surface area (Å²) in [5, 5.41) is 0. The van der Waals surface area contributed by atoms with E-state index < -0.39 is 9.05 Å². The minimum absolute atomic E-state index is 0. The van der Waals surface area contributed by atoms with Crippen LogP contribution in [-0.4, -0.2) is 26.4 Å². The Hall–Kier alpha value is 3.64. The first-order chi connectivity index (χ1) is 2.00. The Bertz CT molecular complexity index is 36.0. The first-order valence-corrected chi connectivity index (χ1v) is 2.45. The van der Waals surface area contributed by atoms with Crippen molar-refractivity contribution in [3.05, 3.63) is 0 Å². The molecule has 0 aromatic carbocycles. The third-order valence-corrected chi connectivity index (χ3v) is 0. The van der Waals surface area contributed by atoms with Gasteiger partial charge in [0.05, 0.1) is 0 Å². The molecule has 0 rings (SSSR count). The fourth-order valence-electron chi connectivity index (χ4n) is 0. The Morgan fingerprint density at radius 2 is 1.00 bits per heavy atom. The van der Waals surface area contributed by atoms with Crippen LogP contribution >= 0.6 is 0 Å². The van der Waals surface area contributed by atoms with Crippen molar-refractivity contribution in [2.45, 2.75) is 0 Å². The minimum atomic E-state index is -5.61. The summed E-state index contributed by atoms with van der Waals surface area (Å²) in [7, 11) is -5.61. The monoisotopic (exact) mass is 276 g/mol. The summed E-state index contributed by atoms with van der Waals surface area (Å²) < 4.78 is 0. The van der Waals surface area contributed by atoms with Gasteiger partial charge in [-0.05, 0) is 0 Å². The van der Waals surface area contributed by atoms with E-state index in [-0.39, 0.29) is 117 Å². The number of rotatable bonds is 0. The normalized spacial score (nSPS) is 7.50. The molecule has 0 fully saturated rings. The van der Waals surface area contributed by atoms with Crippen LogP contribution in [0, 0.1) is 0 Å². The molecule has 34 valence electrons. The van der Waals surface area contributed by atoms with Crippen molar-refractivity contribution in [2.24, 2.45) is 0 Å². The van der Waals surface area contributed by atoms with Gasteiger partial charge in [-0.3, -0.25) is 0 Å². The van der Waals surface area contributed by atoms with Crippen LogP contribution < -0.4 is 118 Å². The molecule has 0 spiro atoms. The second kappa shape index (κ2) is 10.6. The summed E-state index contributed by atoms with van der Waals surface area (Å²) in [6.45, 7) is 0. The van der Waals surface area contributed by atoms with Crippen LogP contribution in [0.2, 0.25) is 0 Å². The van der Waals surface area contributed by atoms with Crippen molar-refractivity contribution in [1.29, 1.82) is 0 Å². The van der Waals surface area contributed by atoms with Gasteiger partial charge < -0.3 is 29.7 Å². The molecule has 0 heterocycles. The van der Waals surface area contributed by atoms with Crippen molar-refractivity contribution in [2.75, 3.05) is 0 Å². The first kappa shape index (κ1) is 22.6. The van der Waals surface area contributed by atoms with E-state index in [0.717, 1.165) is 0 Å². The summed E-state index contributed by atoms with van der Waals surface area (Å²) in [4.78, 5) is 34.3. The maximum Gasteiger partial charge on any atom is 3.00 e. The van der Waals surface area contributed by atoms with Crippen molar-refractivity contribution in [1.82, 2.24) is 0 Å². The van der Waals surface area contributed by atoms with Crippen LogP contribution in [-0.2, 0) is 0 Å². The van der Waals surface area contributed by atoms with Gasteiger partial charge in [-0.25, -0.2) is 0 Å². The molecule has 0 unspecified atom stereocenters. The number of hydrogen-bond acceptors (Lipinski definition) is 4. The molecule has 0 aliphatic heterocycles. The molecule has 0 radical (unpaired) electrons. The Morgan fingerprint density at radius 1 is 1.00 bits per heavy atom. The van der Waals surface area contributed by atoms with Gasteiger partial charge in [0, 0.05) is 0 Å². The van der Waals surface area contributed by atoms with Gasteiger partial charge in [-0.15, -0.1) is 0 Å². The van der Waals surface area contributed by atoms with Crippen LogP contribution in [0.3, 0.4) is 0 Å². The van der Waals surface area contributed by atoms with Gasteiger partial charge in [-0.2, -0.15) is 0 Å². The second-order valence-corrected chi connectivity index (χ2v) is 1.50. The standard InChI is InChI=1S/Al.Cs.Na.O4Si.H/c;;;1-5(2,3)4;/q+3;2*+1;-4;-1. The maximum atomic E-state index is 8.58. The summed E-state index contributed by atoms with van der Waals surface area (Å²) in [5.74, 6) is 0. The minimum Gasteiger partial charge on any atom is -1.00 e. The van der Waals surface area contributed by atoms with Gasteiger partial charge in [0.15, 0.2) is 0 Å². The van der Waals surface area contributed by atoms with Gasteiger partial charge in [0.25, 0.3) is 0 Å². The van der Waals surface area contributed by atoms with Crippen molar-refractivity contribution < 1.29 is 119 Å². The molecule has 8 heavy (non-hydrogen) atoms. The molecule has 0 aliphatic rings. The van der Waals surface area contributed by atoms with Crippen LogP contribution in [0.1, 0.15) is 1.43 Å². The first-order valence-electron chi connectivity index (χ1n) is 0.816. The Balaban J connectivity index is -0.0000000133. The summed E-state index contributed by atoms with van der Waals surface area (Å²) in [6.07, 6.45) is 0. The molecule has 8 heteroatoms. The third kappa shape index (κ3) is 54.3. The molecule has 0 aromatic heterocycles. The van der Waals surface area contributed by atoms with Crippen LogP contribution in [0.5, 0.6) is 0 Å². The van der Waals surface area contributed by atoms with E-state index in [2.05, 4.69) is 0 Å². The van der Waals surface area contributed by atoms with Crippen molar-refractivity contribution in [3.63, 3.8) is 0 Å². The molecule has 4 nitrogen and oxygen atoms in total. The van der Waals surface area contributed by atoms with Gasteiger partial charge in [-0.1, -0.05) is 0 Å². The smallest absolute Gasteiger partial charge is 1.00 e. The average molecular weight is 276 g/mol. The van der Waals surface area contributed by atoms with Crippen LogP contribution in [0.15, 0.2) is 0 Å². The van der Waals surface area contributed by atoms with Crippen molar-refractivity contribution in [3.8, 4) is 0 Å². The maximum absolute atomic E-state index is 8.58. The molecule has 0 saturated carbocycles. The zero-order valence-electron chi connectivity index (χ0n) is 5.71. The second-order valence-electron chi connectivity index (χ2n) is 0.500. The largest absolute Gasteiger partial charge is 3.00 e. The molecular formula is HAlCsNaO4Si. The topological polar surface area (TPSA) is 92.2 Å². The third-order valence-electron chi connectivity index (χ3n) is 0. The molecule has 0 bridgehead atoms. The quantitative estimate of drug-likeness (QED) is 0.411. The van der Waals surface area contributed by atoms with Crippen molar-refractivity contribution >= 4 is 26.4 Å². The van der Waals surface area contributed by atoms with Crippen LogP contribution in [0.25, 0.3) is 0 Å². The van der Waals surface area contributed by atoms with Gasteiger partial charge in [0.2, 0.25) is 0 Å². The number of hydrogen-bond donors (Lipinski definition) is 0. The average Bonchev–Trinajstić information content (AvgIpc) is 0.722. The molecule has 0 atom stereocenters. The van der Waals surface area contributed by atoms with E-state index in [9.17, 15) is 0 Å². The molecule has 0 aliphatic carbocycles. The Kier molecular flexibility index (Phi) is 30.0. The van der Waals surface area contributed by atoms with E-state index in [0.29, 0.717) is 0 Å².